The summed E-state index contributed by atoms with van der Waals surface area (Å²) in [5.41, 5.74) is 3.00. The molecular formula is C17H25NO3. The van der Waals surface area contributed by atoms with Crippen LogP contribution in [-0.4, -0.2) is 22.7 Å². The van der Waals surface area contributed by atoms with Gasteiger partial charge in [0.05, 0.1) is 5.92 Å². The van der Waals surface area contributed by atoms with Crippen LogP contribution >= 0.6 is 0 Å². The SMILES string of the molecule is Cc1cc(CNCC2CCC(C(=O)O)CC2)cc(C)c1O. The Bertz CT molecular complexity index is 482. The summed E-state index contributed by atoms with van der Waals surface area (Å²) < 4.78 is 0. The van der Waals surface area contributed by atoms with E-state index in [-0.39, 0.29) is 5.92 Å². The van der Waals surface area contributed by atoms with Gasteiger partial charge in [0.15, 0.2) is 0 Å². The zero-order valence-corrected chi connectivity index (χ0v) is 12.9. The molecule has 4 heteroatoms. The number of phenols is 1. The van der Waals surface area contributed by atoms with Gasteiger partial charge in [0, 0.05) is 6.54 Å². The van der Waals surface area contributed by atoms with E-state index in [0.717, 1.165) is 49.9 Å². The van der Waals surface area contributed by atoms with Crippen molar-refractivity contribution in [1.29, 1.82) is 0 Å². The molecule has 0 spiro atoms. The minimum absolute atomic E-state index is 0.136. The lowest BCUT2D eigenvalue weighted by Crippen LogP contribution is -2.28. The minimum atomic E-state index is -0.642. The normalized spacial score (nSPS) is 22.2. The predicted octanol–water partition coefficient (Wildman–Crippen LogP) is 2.99. The molecule has 0 bridgehead atoms. The average Bonchev–Trinajstić information content (AvgIpc) is 2.45. The van der Waals surface area contributed by atoms with Crippen molar-refractivity contribution in [2.45, 2.75) is 46.1 Å². The Kier molecular flexibility index (Phi) is 5.23. The first-order valence-corrected chi connectivity index (χ1v) is 7.70. The molecular weight excluding hydrogens is 266 g/mol. The van der Waals surface area contributed by atoms with E-state index in [9.17, 15) is 9.90 Å². The van der Waals surface area contributed by atoms with E-state index in [4.69, 9.17) is 5.11 Å². The molecule has 0 aliphatic heterocycles. The fourth-order valence-corrected chi connectivity index (χ4v) is 3.18. The Morgan fingerprint density at radius 2 is 1.76 bits per heavy atom. The van der Waals surface area contributed by atoms with Crippen LogP contribution < -0.4 is 5.32 Å². The lowest BCUT2D eigenvalue weighted by atomic mass is 9.82. The van der Waals surface area contributed by atoms with E-state index in [0.29, 0.717) is 11.7 Å². The van der Waals surface area contributed by atoms with Crippen LogP contribution in [0.15, 0.2) is 12.1 Å². The Morgan fingerprint density at radius 3 is 2.29 bits per heavy atom. The lowest BCUT2D eigenvalue weighted by Gasteiger charge is -2.26. The number of aliphatic carboxylic acids is 1. The van der Waals surface area contributed by atoms with Gasteiger partial charge in [-0.05, 0) is 68.7 Å². The van der Waals surface area contributed by atoms with E-state index in [2.05, 4.69) is 5.32 Å². The Labute approximate surface area is 126 Å². The van der Waals surface area contributed by atoms with Crippen molar-refractivity contribution in [2.75, 3.05) is 6.54 Å². The van der Waals surface area contributed by atoms with Crippen LogP contribution in [0.25, 0.3) is 0 Å². The predicted molar refractivity (Wildman–Crippen MR) is 82.4 cm³/mol. The summed E-state index contributed by atoms with van der Waals surface area (Å²) in [5.74, 6) is 0.186. The van der Waals surface area contributed by atoms with E-state index in [1.165, 1.54) is 5.56 Å². The van der Waals surface area contributed by atoms with Gasteiger partial charge >= 0.3 is 5.97 Å². The van der Waals surface area contributed by atoms with Crippen LogP contribution in [0.3, 0.4) is 0 Å². The van der Waals surface area contributed by atoms with Crippen molar-refractivity contribution in [3.05, 3.63) is 28.8 Å². The van der Waals surface area contributed by atoms with Gasteiger partial charge in [0.2, 0.25) is 0 Å². The first kappa shape index (κ1) is 15.8. The lowest BCUT2D eigenvalue weighted by molar-refractivity contribution is -0.143. The monoisotopic (exact) mass is 291 g/mol. The minimum Gasteiger partial charge on any atom is -0.507 e. The molecule has 1 aromatic carbocycles. The summed E-state index contributed by atoms with van der Waals surface area (Å²) >= 11 is 0. The average molecular weight is 291 g/mol. The molecule has 1 saturated carbocycles. The van der Waals surface area contributed by atoms with Crippen molar-refractivity contribution in [2.24, 2.45) is 11.8 Å². The summed E-state index contributed by atoms with van der Waals surface area (Å²) in [6, 6.07) is 4.02. The number of nitrogens with one attached hydrogen (secondary N) is 1. The van der Waals surface area contributed by atoms with Gasteiger partial charge in [-0.15, -0.1) is 0 Å². The smallest absolute Gasteiger partial charge is 0.306 e. The quantitative estimate of drug-likeness (QED) is 0.780. The molecule has 21 heavy (non-hydrogen) atoms. The molecule has 0 aromatic heterocycles. The van der Waals surface area contributed by atoms with Crippen LogP contribution in [0.2, 0.25) is 0 Å². The Balaban J connectivity index is 1.77. The van der Waals surface area contributed by atoms with Gasteiger partial charge in [-0.2, -0.15) is 0 Å². The number of hydrogen-bond donors (Lipinski definition) is 3. The standard InChI is InChI=1S/C17H25NO3/c1-11-7-14(8-12(2)16(11)19)10-18-9-13-3-5-15(6-4-13)17(20)21/h7-8,13,15,18-19H,3-6,9-10H2,1-2H3,(H,20,21). The third-order valence-electron chi connectivity index (χ3n) is 4.51. The van der Waals surface area contributed by atoms with E-state index >= 15 is 0 Å². The van der Waals surface area contributed by atoms with Crippen LogP contribution in [-0.2, 0) is 11.3 Å². The van der Waals surface area contributed by atoms with Crippen molar-refractivity contribution < 1.29 is 15.0 Å². The zero-order chi connectivity index (χ0) is 15.4. The number of aryl methyl sites for hydroxylation is 2. The molecule has 1 aliphatic carbocycles. The number of aromatic hydroxyl groups is 1. The second kappa shape index (κ2) is 6.94. The van der Waals surface area contributed by atoms with E-state index in [1.54, 1.807) is 0 Å². The second-order valence-corrected chi connectivity index (χ2v) is 6.27. The second-order valence-electron chi connectivity index (χ2n) is 6.27. The maximum atomic E-state index is 10.9. The van der Waals surface area contributed by atoms with E-state index in [1.807, 2.05) is 26.0 Å². The zero-order valence-electron chi connectivity index (χ0n) is 12.9. The summed E-state index contributed by atoms with van der Waals surface area (Å²) in [6.07, 6.45) is 3.60. The number of carboxylic acids is 1. The molecule has 3 N–H and O–H groups in total. The summed E-state index contributed by atoms with van der Waals surface area (Å²) in [5, 5.41) is 22.2. The largest absolute Gasteiger partial charge is 0.507 e. The molecule has 1 fully saturated rings. The Morgan fingerprint density at radius 1 is 1.19 bits per heavy atom. The number of rotatable bonds is 5. The van der Waals surface area contributed by atoms with Gasteiger partial charge in [-0.3, -0.25) is 4.79 Å². The van der Waals surface area contributed by atoms with Crippen molar-refractivity contribution in [3.8, 4) is 5.75 Å². The first-order valence-electron chi connectivity index (χ1n) is 7.70. The number of phenolic OH excluding ortho intramolecular Hbond substituents is 1. The van der Waals surface area contributed by atoms with Gasteiger partial charge in [0.25, 0.3) is 0 Å². The molecule has 0 radical (unpaired) electrons. The van der Waals surface area contributed by atoms with Gasteiger partial charge < -0.3 is 15.5 Å². The number of hydrogen-bond acceptors (Lipinski definition) is 3. The van der Waals surface area contributed by atoms with Crippen molar-refractivity contribution in [1.82, 2.24) is 5.32 Å². The highest BCUT2D eigenvalue weighted by atomic mass is 16.4. The highest BCUT2D eigenvalue weighted by molar-refractivity contribution is 5.69. The Hall–Kier alpha value is -1.55. The molecule has 1 aromatic rings. The molecule has 0 heterocycles. The van der Waals surface area contributed by atoms with Crippen LogP contribution in [0.4, 0.5) is 0 Å². The van der Waals surface area contributed by atoms with E-state index < -0.39 is 5.97 Å². The van der Waals surface area contributed by atoms with Crippen LogP contribution in [0.1, 0.15) is 42.4 Å². The molecule has 0 atom stereocenters. The van der Waals surface area contributed by atoms with Gasteiger partial charge in [0.1, 0.15) is 5.75 Å². The molecule has 0 saturated heterocycles. The highest BCUT2D eigenvalue weighted by Crippen LogP contribution is 2.28. The highest BCUT2D eigenvalue weighted by Gasteiger charge is 2.25. The maximum absolute atomic E-state index is 10.9. The number of carboxylic acid groups (broad SMARTS) is 1. The third-order valence-corrected chi connectivity index (χ3v) is 4.51. The molecule has 2 rings (SSSR count). The van der Waals surface area contributed by atoms with Crippen LogP contribution in [0, 0.1) is 25.7 Å². The topological polar surface area (TPSA) is 69.6 Å². The molecule has 0 amide bonds. The third kappa shape index (κ3) is 4.21. The van der Waals surface area contributed by atoms with Gasteiger partial charge in [-0.25, -0.2) is 0 Å². The fourth-order valence-electron chi connectivity index (χ4n) is 3.18. The number of benzene rings is 1. The molecule has 116 valence electrons. The van der Waals surface area contributed by atoms with Crippen LogP contribution in [0.5, 0.6) is 5.75 Å². The maximum Gasteiger partial charge on any atom is 0.306 e. The fraction of sp³-hybridized carbons (Fsp3) is 0.588. The molecule has 1 aliphatic rings. The number of carbonyl (C=O) groups is 1. The van der Waals surface area contributed by atoms with Gasteiger partial charge in [-0.1, -0.05) is 12.1 Å². The first-order chi connectivity index (χ1) is 9.97. The molecule has 4 nitrogen and oxygen atoms in total. The summed E-state index contributed by atoms with van der Waals surface area (Å²) in [4.78, 5) is 10.9. The molecule has 0 unspecified atom stereocenters. The summed E-state index contributed by atoms with van der Waals surface area (Å²) in [6.45, 7) is 5.56. The van der Waals surface area contributed by atoms with Crippen molar-refractivity contribution in [3.63, 3.8) is 0 Å². The van der Waals surface area contributed by atoms with Crippen molar-refractivity contribution >= 4 is 5.97 Å². The summed E-state index contributed by atoms with van der Waals surface area (Å²) in [7, 11) is 0.